The average molecular weight is 220 g/mol. The summed E-state index contributed by atoms with van der Waals surface area (Å²) in [5.41, 5.74) is 1.23. The summed E-state index contributed by atoms with van der Waals surface area (Å²) >= 11 is 0. The molecule has 2 heterocycles. The lowest BCUT2D eigenvalue weighted by molar-refractivity contribution is 0.667. The number of nitrogens with one attached hydrogen (secondary N) is 1. The Morgan fingerprint density at radius 1 is 1.44 bits per heavy atom. The second-order valence-corrected chi connectivity index (χ2v) is 4.40. The Morgan fingerprint density at radius 3 is 2.75 bits per heavy atom. The van der Waals surface area contributed by atoms with E-state index in [0.717, 1.165) is 31.9 Å². The van der Waals surface area contributed by atoms with E-state index in [-0.39, 0.29) is 0 Å². The lowest BCUT2D eigenvalue weighted by Gasteiger charge is -2.23. The Labute approximate surface area is 97.1 Å². The van der Waals surface area contributed by atoms with Crippen LogP contribution in [-0.2, 0) is 6.42 Å². The number of nitrogens with zero attached hydrogens (tertiary/aromatic N) is 3. The SMILES string of the molecule is CCCc1cnc(N(C)C2CCNC2)nc1. The Morgan fingerprint density at radius 2 is 2.19 bits per heavy atom. The van der Waals surface area contributed by atoms with Gasteiger partial charge < -0.3 is 10.2 Å². The molecule has 4 heteroatoms. The molecule has 1 fully saturated rings. The van der Waals surface area contributed by atoms with Gasteiger partial charge in [0, 0.05) is 32.0 Å². The fraction of sp³-hybridized carbons (Fsp3) is 0.667. The molecule has 0 aliphatic carbocycles. The van der Waals surface area contributed by atoms with Crippen LogP contribution in [-0.4, -0.2) is 36.1 Å². The zero-order chi connectivity index (χ0) is 11.4. The number of likely N-dealkylation sites (N-methyl/N-ethyl adjacent to an activating group) is 1. The van der Waals surface area contributed by atoms with Gasteiger partial charge in [-0.1, -0.05) is 13.3 Å². The van der Waals surface area contributed by atoms with Crippen LogP contribution in [0.15, 0.2) is 12.4 Å². The van der Waals surface area contributed by atoms with Gasteiger partial charge in [0.05, 0.1) is 0 Å². The van der Waals surface area contributed by atoms with E-state index in [4.69, 9.17) is 0 Å². The van der Waals surface area contributed by atoms with Crippen molar-refractivity contribution in [1.82, 2.24) is 15.3 Å². The largest absolute Gasteiger partial charge is 0.340 e. The number of aromatic nitrogens is 2. The van der Waals surface area contributed by atoms with E-state index < -0.39 is 0 Å². The van der Waals surface area contributed by atoms with Crippen molar-refractivity contribution in [3.63, 3.8) is 0 Å². The van der Waals surface area contributed by atoms with Gasteiger partial charge in [0.1, 0.15) is 0 Å². The van der Waals surface area contributed by atoms with Gasteiger partial charge in [0.2, 0.25) is 5.95 Å². The lowest BCUT2D eigenvalue weighted by Crippen LogP contribution is -2.34. The number of rotatable bonds is 4. The minimum absolute atomic E-state index is 0.539. The van der Waals surface area contributed by atoms with Gasteiger partial charge in [-0.15, -0.1) is 0 Å². The van der Waals surface area contributed by atoms with Crippen LogP contribution in [0.5, 0.6) is 0 Å². The van der Waals surface area contributed by atoms with Gasteiger partial charge in [-0.25, -0.2) is 9.97 Å². The third-order valence-electron chi connectivity index (χ3n) is 3.13. The highest BCUT2D eigenvalue weighted by Crippen LogP contribution is 2.13. The predicted molar refractivity (Wildman–Crippen MR) is 65.7 cm³/mol. The zero-order valence-electron chi connectivity index (χ0n) is 10.1. The molecule has 1 unspecified atom stereocenters. The Kier molecular flexibility index (Phi) is 3.72. The van der Waals surface area contributed by atoms with E-state index in [9.17, 15) is 0 Å². The number of aryl methyl sites for hydroxylation is 1. The van der Waals surface area contributed by atoms with E-state index in [1.54, 1.807) is 0 Å². The maximum absolute atomic E-state index is 4.43. The van der Waals surface area contributed by atoms with Gasteiger partial charge in [0.15, 0.2) is 0 Å². The first-order valence-corrected chi connectivity index (χ1v) is 6.05. The molecule has 0 bridgehead atoms. The predicted octanol–water partition coefficient (Wildman–Crippen LogP) is 1.23. The summed E-state index contributed by atoms with van der Waals surface area (Å²) in [6.45, 7) is 4.31. The maximum atomic E-state index is 4.43. The zero-order valence-corrected chi connectivity index (χ0v) is 10.1. The van der Waals surface area contributed by atoms with Crippen LogP contribution in [0.2, 0.25) is 0 Å². The van der Waals surface area contributed by atoms with Gasteiger partial charge >= 0.3 is 0 Å². The van der Waals surface area contributed by atoms with Gasteiger partial charge in [0.25, 0.3) is 0 Å². The van der Waals surface area contributed by atoms with Crippen molar-refractivity contribution in [3.05, 3.63) is 18.0 Å². The van der Waals surface area contributed by atoms with Crippen molar-refractivity contribution in [2.24, 2.45) is 0 Å². The molecule has 2 rings (SSSR count). The quantitative estimate of drug-likeness (QED) is 0.828. The molecule has 1 aliphatic heterocycles. The van der Waals surface area contributed by atoms with Gasteiger partial charge in [-0.2, -0.15) is 0 Å². The summed E-state index contributed by atoms with van der Waals surface area (Å²) < 4.78 is 0. The third kappa shape index (κ3) is 2.50. The summed E-state index contributed by atoms with van der Waals surface area (Å²) in [6.07, 6.45) is 7.28. The first-order chi connectivity index (χ1) is 7.81. The second-order valence-electron chi connectivity index (χ2n) is 4.40. The molecule has 1 aliphatic rings. The van der Waals surface area contributed by atoms with E-state index in [1.165, 1.54) is 12.0 Å². The average Bonchev–Trinajstić information content (AvgIpc) is 2.83. The smallest absolute Gasteiger partial charge is 0.225 e. The van der Waals surface area contributed by atoms with E-state index in [1.807, 2.05) is 12.4 Å². The van der Waals surface area contributed by atoms with Crippen LogP contribution in [0.4, 0.5) is 5.95 Å². The highest BCUT2D eigenvalue weighted by atomic mass is 15.3. The molecule has 1 N–H and O–H groups in total. The Balaban J connectivity index is 2.02. The molecular weight excluding hydrogens is 200 g/mol. The molecule has 1 atom stereocenters. The van der Waals surface area contributed by atoms with Crippen LogP contribution in [0.3, 0.4) is 0 Å². The molecule has 88 valence electrons. The molecule has 1 saturated heterocycles. The van der Waals surface area contributed by atoms with Crippen molar-refractivity contribution in [3.8, 4) is 0 Å². The molecule has 1 aromatic rings. The minimum Gasteiger partial charge on any atom is -0.340 e. The molecule has 0 spiro atoms. The van der Waals surface area contributed by atoms with E-state index in [2.05, 4.69) is 34.2 Å². The van der Waals surface area contributed by atoms with Crippen LogP contribution in [0.25, 0.3) is 0 Å². The monoisotopic (exact) mass is 220 g/mol. The molecule has 0 saturated carbocycles. The molecule has 4 nitrogen and oxygen atoms in total. The fourth-order valence-corrected chi connectivity index (χ4v) is 2.08. The molecule has 1 aromatic heterocycles. The van der Waals surface area contributed by atoms with Crippen molar-refractivity contribution >= 4 is 5.95 Å². The molecular formula is C12H20N4. The Hall–Kier alpha value is -1.16. The van der Waals surface area contributed by atoms with Crippen molar-refractivity contribution in [2.45, 2.75) is 32.2 Å². The number of hydrogen-bond acceptors (Lipinski definition) is 4. The lowest BCUT2D eigenvalue weighted by atomic mass is 10.2. The third-order valence-corrected chi connectivity index (χ3v) is 3.13. The van der Waals surface area contributed by atoms with Crippen molar-refractivity contribution < 1.29 is 0 Å². The molecule has 16 heavy (non-hydrogen) atoms. The summed E-state index contributed by atoms with van der Waals surface area (Å²) in [7, 11) is 2.08. The summed E-state index contributed by atoms with van der Waals surface area (Å²) in [5, 5.41) is 3.36. The number of anilines is 1. The highest BCUT2D eigenvalue weighted by molar-refractivity contribution is 5.31. The highest BCUT2D eigenvalue weighted by Gasteiger charge is 2.20. The summed E-state index contributed by atoms with van der Waals surface area (Å²) in [6, 6.07) is 0.539. The van der Waals surface area contributed by atoms with E-state index >= 15 is 0 Å². The van der Waals surface area contributed by atoms with Crippen molar-refractivity contribution in [1.29, 1.82) is 0 Å². The summed E-state index contributed by atoms with van der Waals surface area (Å²) in [5.74, 6) is 0.841. The van der Waals surface area contributed by atoms with Crippen molar-refractivity contribution in [2.75, 3.05) is 25.0 Å². The van der Waals surface area contributed by atoms with E-state index in [0.29, 0.717) is 6.04 Å². The normalized spacial score (nSPS) is 20.0. The standard InChI is InChI=1S/C12H20N4/c1-3-4-10-7-14-12(15-8-10)16(2)11-5-6-13-9-11/h7-8,11,13H,3-6,9H2,1-2H3. The number of hydrogen-bond donors (Lipinski definition) is 1. The molecule has 0 amide bonds. The van der Waals surface area contributed by atoms with Crippen LogP contribution in [0.1, 0.15) is 25.3 Å². The van der Waals surface area contributed by atoms with Gasteiger partial charge in [-0.05, 0) is 24.9 Å². The fourth-order valence-electron chi connectivity index (χ4n) is 2.08. The topological polar surface area (TPSA) is 41.1 Å². The first-order valence-electron chi connectivity index (χ1n) is 6.05. The maximum Gasteiger partial charge on any atom is 0.225 e. The van der Waals surface area contributed by atoms with Crippen LogP contribution in [0, 0.1) is 0 Å². The van der Waals surface area contributed by atoms with Crippen LogP contribution >= 0.6 is 0 Å². The Bertz CT molecular complexity index is 316. The van der Waals surface area contributed by atoms with Crippen LogP contribution < -0.4 is 10.2 Å². The molecule has 0 radical (unpaired) electrons. The molecule has 0 aromatic carbocycles. The first kappa shape index (κ1) is 11.3. The minimum atomic E-state index is 0.539. The summed E-state index contributed by atoms with van der Waals surface area (Å²) in [4.78, 5) is 11.0. The van der Waals surface area contributed by atoms with Gasteiger partial charge in [-0.3, -0.25) is 0 Å². The second kappa shape index (κ2) is 5.25.